The van der Waals surface area contributed by atoms with Gasteiger partial charge in [0.2, 0.25) is 10.0 Å². The molecular formula is C18H19ClN2O4S2. The zero-order valence-electron chi connectivity index (χ0n) is 14.8. The molecule has 27 heavy (non-hydrogen) atoms. The number of aryl methyl sites for hydroxylation is 1. The lowest BCUT2D eigenvalue weighted by Gasteiger charge is -2.30. The molecule has 0 aromatic heterocycles. The van der Waals surface area contributed by atoms with E-state index in [0.29, 0.717) is 5.56 Å². The van der Waals surface area contributed by atoms with Gasteiger partial charge in [-0.2, -0.15) is 0 Å². The van der Waals surface area contributed by atoms with Crippen LogP contribution >= 0.6 is 23.4 Å². The lowest BCUT2D eigenvalue weighted by atomic mass is 10.0. The highest BCUT2D eigenvalue weighted by molar-refractivity contribution is 8.13. The van der Waals surface area contributed by atoms with E-state index in [1.54, 1.807) is 0 Å². The fourth-order valence-corrected chi connectivity index (χ4v) is 5.28. The van der Waals surface area contributed by atoms with Crippen molar-refractivity contribution in [1.29, 1.82) is 0 Å². The molecule has 2 aromatic carbocycles. The van der Waals surface area contributed by atoms with Crippen LogP contribution in [0.15, 0.2) is 47.4 Å². The summed E-state index contributed by atoms with van der Waals surface area (Å²) in [5.41, 5.74) is 0.614. The summed E-state index contributed by atoms with van der Waals surface area (Å²) < 4.78 is 28.0. The fourth-order valence-electron chi connectivity index (χ4n) is 2.70. The highest BCUT2D eigenvalue weighted by atomic mass is 35.5. The third-order valence-electron chi connectivity index (χ3n) is 4.50. The number of carbonyl (C=O) groups excluding carboxylic acids is 1. The number of nitrogens with zero attached hydrogens (tertiary/aromatic N) is 1. The summed E-state index contributed by atoms with van der Waals surface area (Å²) in [6, 6.07) is 11.7. The molecule has 9 heteroatoms. The molecule has 1 unspecified atom stereocenters. The lowest BCUT2D eigenvalue weighted by Crippen LogP contribution is -2.42. The molecule has 3 rings (SSSR count). The Kier molecular flexibility index (Phi) is 5.56. The Balaban J connectivity index is 1.89. The van der Waals surface area contributed by atoms with Crippen LogP contribution in [0.5, 0.6) is 0 Å². The molecule has 2 N–H and O–H groups in total. The van der Waals surface area contributed by atoms with E-state index >= 15 is 0 Å². The normalized spacial score (nSPS) is 20.3. The van der Waals surface area contributed by atoms with Crippen LogP contribution in [0, 0.1) is 6.92 Å². The van der Waals surface area contributed by atoms with E-state index in [9.17, 15) is 18.3 Å². The topological polar surface area (TPSA) is 86.7 Å². The van der Waals surface area contributed by atoms with Gasteiger partial charge in [-0.3, -0.25) is 4.79 Å². The number of benzene rings is 2. The van der Waals surface area contributed by atoms with Crippen LogP contribution in [-0.4, -0.2) is 36.5 Å². The molecular weight excluding hydrogens is 408 g/mol. The van der Waals surface area contributed by atoms with Gasteiger partial charge in [0.25, 0.3) is 5.24 Å². The van der Waals surface area contributed by atoms with E-state index < -0.39 is 15.7 Å². The van der Waals surface area contributed by atoms with Crippen LogP contribution in [0.3, 0.4) is 0 Å². The summed E-state index contributed by atoms with van der Waals surface area (Å²) in [5, 5.41) is 10.6. The summed E-state index contributed by atoms with van der Waals surface area (Å²) >= 11 is 7.09. The predicted molar refractivity (Wildman–Crippen MR) is 106 cm³/mol. The summed E-state index contributed by atoms with van der Waals surface area (Å²) in [6.07, 6.45) is 0. The van der Waals surface area contributed by atoms with Crippen LogP contribution in [0.25, 0.3) is 0 Å². The number of carbonyl (C=O) groups is 1. The summed E-state index contributed by atoms with van der Waals surface area (Å²) in [4.78, 5) is 12.8. The number of rotatable bonds is 5. The predicted octanol–water partition coefficient (Wildman–Crippen LogP) is 3.07. The van der Waals surface area contributed by atoms with Crippen molar-refractivity contribution in [2.24, 2.45) is 0 Å². The number of hydrogen-bond acceptors (Lipinski definition) is 5. The molecule has 1 amide bonds. The molecule has 0 saturated carbocycles. The number of sulfonamides is 1. The molecule has 0 bridgehead atoms. The lowest BCUT2D eigenvalue weighted by molar-refractivity contribution is -0.0430. The first-order valence-corrected chi connectivity index (χ1v) is 11.0. The van der Waals surface area contributed by atoms with Gasteiger partial charge in [0.1, 0.15) is 4.90 Å². The smallest absolute Gasteiger partial charge is 0.284 e. The Hall–Kier alpha value is -1.58. The van der Waals surface area contributed by atoms with Gasteiger partial charge in [-0.05, 0) is 24.6 Å². The van der Waals surface area contributed by atoms with E-state index in [-0.39, 0.29) is 27.5 Å². The molecule has 0 spiro atoms. The summed E-state index contributed by atoms with van der Waals surface area (Å²) in [7, 11) is -2.44. The van der Waals surface area contributed by atoms with Gasteiger partial charge in [0.15, 0.2) is 5.72 Å². The summed E-state index contributed by atoms with van der Waals surface area (Å²) in [5.74, 6) is 0.111. The molecule has 1 atom stereocenters. The minimum Gasteiger partial charge on any atom is -0.366 e. The van der Waals surface area contributed by atoms with E-state index in [1.807, 2.05) is 31.2 Å². The van der Waals surface area contributed by atoms with E-state index in [0.717, 1.165) is 22.9 Å². The first-order chi connectivity index (χ1) is 12.6. The Morgan fingerprint density at radius 3 is 2.52 bits per heavy atom. The first kappa shape index (κ1) is 20.2. The average molecular weight is 427 g/mol. The van der Waals surface area contributed by atoms with Crippen LogP contribution in [0.1, 0.15) is 16.7 Å². The van der Waals surface area contributed by atoms with E-state index in [1.165, 1.54) is 30.1 Å². The molecule has 1 saturated heterocycles. The van der Waals surface area contributed by atoms with Crippen molar-refractivity contribution < 1.29 is 18.3 Å². The minimum atomic E-state index is -3.91. The fraction of sp³-hybridized carbons (Fsp3) is 0.278. The number of nitrogens with one attached hydrogen (secondary N) is 1. The number of hydrogen-bond donors (Lipinski definition) is 2. The largest absolute Gasteiger partial charge is 0.366 e. The number of halogens is 1. The van der Waals surface area contributed by atoms with Crippen LogP contribution in [-0.2, 0) is 22.3 Å². The van der Waals surface area contributed by atoms with Crippen LogP contribution < -0.4 is 4.72 Å². The maximum Gasteiger partial charge on any atom is 0.284 e. The quantitative estimate of drug-likeness (QED) is 0.767. The van der Waals surface area contributed by atoms with Crippen molar-refractivity contribution in [2.45, 2.75) is 24.1 Å². The van der Waals surface area contributed by atoms with Gasteiger partial charge in [-0.15, -0.1) is 0 Å². The second kappa shape index (κ2) is 7.44. The summed E-state index contributed by atoms with van der Waals surface area (Å²) in [6.45, 7) is 2.06. The molecule has 1 aliphatic heterocycles. The number of aliphatic hydroxyl groups is 1. The highest BCUT2D eigenvalue weighted by Gasteiger charge is 2.44. The van der Waals surface area contributed by atoms with Crippen molar-refractivity contribution in [3.63, 3.8) is 0 Å². The second-order valence-corrected chi connectivity index (χ2v) is 9.45. The van der Waals surface area contributed by atoms with Crippen molar-refractivity contribution in [3.05, 3.63) is 64.2 Å². The third-order valence-corrected chi connectivity index (χ3v) is 7.45. The molecule has 144 valence electrons. The average Bonchev–Trinajstić information content (AvgIpc) is 2.90. The SMILES string of the molecule is Cc1ccc(CNS(=O)(=O)c2cc(C3(O)CSC(=O)N3C)ccc2Cl)cc1. The maximum atomic E-state index is 12.7. The van der Waals surface area contributed by atoms with E-state index in [4.69, 9.17) is 11.6 Å². The highest BCUT2D eigenvalue weighted by Crippen LogP contribution is 2.39. The third kappa shape index (κ3) is 4.00. The van der Waals surface area contributed by atoms with Crippen molar-refractivity contribution in [3.8, 4) is 0 Å². The van der Waals surface area contributed by atoms with Gasteiger partial charge in [0.05, 0.1) is 10.8 Å². The number of thioether (sulfide) groups is 1. The Bertz CT molecular complexity index is 979. The first-order valence-electron chi connectivity index (χ1n) is 8.12. The monoisotopic (exact) mass is 426 g/mol. The maximum absolute atomic E-state index is 12.7. The zero-order chi connectivity index (χ0) is 19.8. The molecule has 1 heterocycles. The van der Waals surface area contributed by atoms with Gasteiger partial charge in [-0.25, -0.2) is 13.1 Å². The minimum absolute atomic E-state index is 0.0402. The van der Waals surface area contributed by atoms with E-state index in [2.05, 4.69) is 4.72 Å². The van der Waals surface area contributed by atoms with Gasteiger partial charge >= 0.3 is 0 Å². The van der Waals surface area contributed by atoms with Gasteiger partial charge < -0.3 is 10.0 Å². The molecule has 6 nitrogen and oxygen atoms in total. The Morgan fingerprint density at radius 1 is 1.26 bits per heavy atom. The Labute approximate surface area is 167 Å². The van der Waals surface area contributed by atoms with Crippen molar-refractivity contribution in [2.75, 3.05) is 12.8 Å². The zero-order valence-corrected chi connectivity index (χ0v) is 17.2. The van der Waals surface area contributed by atoms with Crippen molar-refractivity contribution in [1.82, 2.24) is 9.62 Å². The molecule has 0 radical (unpaired) electrons. The number of amides is 1. The van der Waals surface area contributed by atoms with Gasteiger partial charge in [0, 0.05) is 19.2 Å². The second-order valence-electron chi connectivity index (χ2n) is 6.39. The van der Waals surface area contributed by atoms with Crippen LogP contribution in [0.2, 0.25) is 5.02 Å². The molecule has 1 fully saturated rings. The molecule has 2 aromatic rings. The van der Waals surface area contributed by atoms with Crippen molar-refractivity contribution >= 4 is 38.6 Å². The molecule has 0 aliphatic carbocycles. The van der Waals surface area contributed by atoms with Crippen LogP contribution in [0.4, 0.5) is 4.79 Å². The molecule has 1 aliphatic rings. The standard InChI is InChI=1S/C18H19ClN2O4S2/c1-12-3-5-13(6-4-12)10-20-27(24,25)16-9-14(7-8-15(16)19)18(23)11-26-17(22)21(18)2/h3-9,20,23H,10-11H2,1-2H3. The van der Waals surface area contributed by atoms with Gasteiger partial charge in [-0.1, -0.05) is 59.3 Å². The Morgan fingerprint density at radius 2 is 1.93 bits per heavy atom.